The van der Waals surface area contributed by atoms with E-state index in [9.17, 15) is 0 Å². The van der Waals surface area contributed by atoms with Crippen LogP contribution in [0.2, 0.25) is 5.02 Å². The predicted octanol–water partition coefficient (Wildman–Crippen LogP) is 3.17. The van der Waals surface area contributed by atoms with Crippen LogP contribution < -0.4 is 5.32 Å². The molecule has 74 valence electrons. The van der Waals surface area contributed by atoms with Crippen LogP contribution in [0.25, 0.3) is 0 Å². The largest absolute Gasteiger partial charge is 0.365 e. The summed E-state index contributed by atoms with van der Waals surface area (Å²) in [6.07, 6.45) is 6.49. The van der Waals surface area contributed by atoms with Crippen molar-refractivity contribution < 1.29 is 0 Å². The first-order valence-electron chi connectivity index (χ1n) is 4.80. The fourth-order valence-electron chi connectivity index (χ4n) is 1.57. The smallest absolute Gasteiger partial charge is 0.145 e. The molecule has 0 saturated heterocycles. The number of nitrogens with one attached hydrogen (secondary N) is 1. The topological polar surface area (TPSA) is 24.9 Å². The Morgan fingerprint density at radius 1 is 1.36 bits per heavy atom. The summed E-state index contributed by atoms with van der Waals surface area (Å²) < 4.78 is 0. The van der Waals surface area contributed by atoms with Gasteiger partial charge in [-0.1, -0.05) is 23.8 Å². The van der Waals surface area contributed by atoms with Gasteiger partial charge in [0.2, 0.25) is 0 Å². The Kier molecular flexibility index (Phi) is 2.73. The van der Waals surface area contributed by atoms with Gasteiger partial charge in [-0.15, -0.1) is 0 Å². The molecule has 0 atom stereocenters. The summed E-state index contributed by atoms with van der Waals surface area (Å²) in [5.41, 5.74) is 0.989. The Morgan fingerprint density at radius 2 is 2.07 bits per heavy atom. The van der Waals surface area contributed by atoms with Crippen molar-refractivity contribution >= 4 is 17.4 Å². The van der Waals surface area contributed by atoms with Crippen molar-refractivity contribution in [3.8, 4) is 0 Å². The lowest BCUT2D eigenvalue weighted by Gasteiger charge is -2.14. The fourth-order valence-corrected chi connectivity index (χ4v) is 1.73. The summed E-state index contributed by atoms with van der Waals surface area (Å²) in [5.74, 6) is 0.806. The van der Waals surface area contributed by atoms with Crippen molar-refractivity contribution in [1.29, 1.82) is 0 Å². The van der Waals surface area contributed by atoms with Crippen LogP contribution in [-0.4, -0.2) is 11.0 Å². The van der Waals surface area contributed by atoms with E-state index in [-0.39, 0.29) is 0 Å². The number of hydrogen-bond acceptors (Lipinski definition) is 2. The van der Waals surface area contributed by atoms with Gasteiger partial charge in [0.25, 0.3) is 0 Å². The molecule has 0 fully saturated rings. The summed E-state index contributed by atoms with van der Waals surface area (Å²) in [6, 6.07) is 4.26. The van der Waals surface area contributed by atoms with E-state index in [1.807, 2.05) is 19.1 Å². The number of anilines is 1. The molecule has 2 nitrogen and oxygen atoms in total. The highest BCUT2D eigenvalue weighted by atomic mass is 35.5. The van der Waals surface area contributed by atoms with Gasteiger partial charge in [0, 0.05) is 11.7 Å². The second-order valence-corrected chi connectivity index (χ2v) is 3.97. The molecule has 0 bridgehead atoms. The van der Waals surface area contributed by atoms with E-state index in [0.29, 0.717) is 11.1 Å². The van der Waals surface area contributed by atoms with Crippen LogP contribution in [-0.2, 0) is 0 Å². The quantitative estimate of drug-likeness (QED) is 0.756. The minimum atomic E-state index is 0.460. The number of halogens is 1. The summed E-state index contributed by atoms with van der Waals surface area (Å²) in [5, 5.41) is 4.04. The molecule has 0 aliphatic heterocycles. The van der Waals surface area contributed by atoms with E-state index in [4.69, 9.17) is 11.6 Å². The lowest BCUT2D eigenvalue weighted by molar-refractivity contribution is 0.780. The minimum absolute atomic E-state index is 0.460. The van der Waals surface area contributed by atoms with E-state index in [1.54, 1.807) is 0 Å². The zero-order chi connectivity index (χ0) is 9.97. The maximum atomic E-state index is 6.03. The Morgan fingerprint density at radius 3 is 2.79 bits per heavy atom. The molecule has 1 aromatic rings. The van der Waals surface area contributed by atoms with Gasteiger partial charge in [0.05, 0.1) is 5.02 Å². The van der Waals surface area contributed by atoms with Crippen molar-refractivity contribution in [3.05, 3.63) is 35.0 Å². The molecule has 0 spiro atoms. The number of hydrogen-bond donors (Lipinski definition) is 1. The minimum Gasteiger partial charge on any atom is -0.365 e. The van der Waals surface area contributed by atoms with Crippen LogP contribution in [0.4, 0.5) is 5.82 Å². The molecule has 14 heavy (non-hydrogen) atoms. The van der Waals surface area contributed by atoms with Crippen LogP contribution in [0.1, 0.15) is 18.5 Å². The van der Waals surface area contributed by atoms with Gasteiger partial charge < -0.3 is 5.32 Å². The van der Waals surface area contributed by atoms with Gasteiger partial charge in [0.1, 0.15) is 5.82 Å². The van der Waals surface area contributed by atoms with Crippen LogP contribution >= 0.6 is 11.6 Å². The molecule has 0 unspecified atom stereocenters. The highest BCUT2D eigenvalue weighted by Gasteiger charge is 2.12. The summed E-state index contributed by atoms with van der Waals surface area (Å²) in [7, 11) is 0. The highest BCUT2D eigenvalue weighted by molar-refractivity contribution is 6.32. The Balaban J connectivity index is 2.11. The van der Waals surface area contributed by atoms with Crippen LogP contribution in [0.15, 0.2) is 24.3 Å². The van der Waals surface area contributed by atoms with Gasteiger partial charge >= 0.3 is 0 Å². The average molecular weight is 209 g/mol. The van der Waals surface area contributed by atoms with Crippen molar-refractivity contribution in [1.82, 2.24) is 4.98 Å². The van der Waals surface area contributed by atoms with Crippen molar-refractivity contribution in [3.63, 3.8) is 0 Å². The molecule has 1 aliphatic carbocycles. The normalized spacial score (nSPS) is 16.1. The summed E-state index contributed by atoms with van der Waals surface area (Å²) in [6.45, 7) is 1.97. The average Bonchev–Trinajstić information content (AvgIpc) is 2.64. The van der Waals surface area contributed by atoms with Gasteiger partial charge in [-0.05, 0) is 31.9 Å². The maximum Gasteiger partial charge on any atom is 0.145 e. The molecule has 0 radical (unpaired) electrons. The van der Waals surface area contributed by atoms with Crippen LogP contribution in [0.5, 0.6) is 0 Å². The van der Waals surface area contributed by atoms with Gasteiger partial charge in [0.15, 0.2) is 0 Å². The summed E-state index contributed by atoms with van der Waals surface area (Å²) in [4.78, 5) is 4.37. The predicted molar refractivity (Wildman–Crippen MR) is 59.8 cm³/mol. The van der Waals surface area contributed by atoms with Crippen molar-refractivity contribution in [2.24, 2.45) is 0 Å². The van der Waals surface area contributed by atoms with Crippen LogP contribution in [0.3, 0.4) is 0 Å². The molecular formula is C11H13ClN2. The second-order valence-electron chi connectivity index (χ2n) is 3.57. The van der Waals surface area contributed by atoms with E-state index in [2.05, 4.69) is 22.5 Å². The third-order valence-electron chi connectivity index (χ3n) is 2.33. The first-order valence-corrected chi connectivity index (χ1v) is 5.18. The first-order chi connectivity index (χ1) is 6.75. The molecule has 1 aliphatic rings. The van der Waals surface area contributed by atoms with Gasteiger partial charge in [-0.25, -0.2) is 4.98 Å². The number of pyridine rings is 1. The standard InChI is InChI=1S/C11H13ClN2/c1-8-6-7-10(12)11(13-8)14-9-4-2-3-5-9/h2-3,6-7,9H,4-5H2,1H3,(H,13,14). The lowest BCUT2D eigenvalue weighted by Crippen LogP contribution is -2.16. The molecule has 3 heteroatoms. The van der Waals surface area contributed by atoms with Crippen LogP contribution in [0, 0.1) is 6.92 Å². The summed E-state index contributed by atoms with van der Waals surface area (Å²) >= 11 is 6.03. The third kappa shape index (κ3) is 2.07. The first kappa shape index (κ1) is 9.53. The molecule has 0 amide bonds. The third-order valence-corrected chi connectivity index (χ3v) is 2.64. The molecule has 1 aromatic heterocycles. The molecular weight excluding hydrogens is 196 g/mol. The highest BCUT2D eigenvalue weighted by Crippen LogP contribution is 2.22. The fraction of sp³-hybridized carbons (Fsp3) is 0.364. The molecule has 1 N–H and O–H groups in total. The number of rotatable bonds is 2. The Labute approximate surface area is 89.0 Å². The SMILES string of the molecule is Cc1ccc(Cl)c(NC2CC=CC2)n1. The Hall–Kier alpha value is -1.02. The number of aromatic nitrogens is 1. The van der Waals surface area contributed by atoms with Crippen molar-refractivity contribution in [2.45, 2.75) is 25.8 Å². The molecule has 1 heterocycles. The molecule has 2 rings (SSSR count). The monoisotopic (exact) mass is 208 g/mol. The van der Waals surface area contributed by atoms with Gasteiger partial charge in [-0.2, -0.15) is 0 Å². The lowest BCUT2D eigenvalue weighted by atomic mass is 10.2. The van der Waals surface area contributed by atoms with E-state index in [1.165, 1.54) is 0 Å². The number of aryl methyl sites for hydroxylation is 1. The van der Waals surface area contributed by atoms with E-state index in [0.717, 1.165) is 24.4 Å². The zero-order valence-corrected chi connectivity index (χ0v) is 8.88. The maximum absolute atomic E-state index is 6.03. The van der Waals surface area contributed by atoms with E-state index < -0.39 is 0 Å². The Bertz CT molecular complexity index is 352. The van der Waals surface area contributed by atoms with Gasteiger partial charge in [-0.3, -0.25) is 0 Å². The molecule has 0 saturated carbocycles. The molecule has 0 aromatic carbocycles. The number of nitrogens with zero attached hydrogens (tertiary/aromatic N) is 1. The van der Waals surface area contributed by atoms with Crippen molar-refractivity contribution in [2.75, 3.05) is 5.32 Å². The second kappa shape index (κ2) is 4.01. The van der Waals surface area contributed by atoms with E-state index >= 15 is 0 Å². The zero-order valence-electron chi connectivity index (χ0n) is 8.13.